The van der Waals surface area contributed by atoms with Gasteiger partial charge in [-0.25, -0.2) is 4.79 Å². The summed E-state index contributed by atoms with van der Waals surface area (Å²) < 4.78 is 5.10. The van der Waals surface area contributed by atoms with Crippen LogP contribution in [0.15, 0.2) is 24.3 Å². The van der Waals surface area contributed by atoms with Crippen molar-refractivity contribution in [1.29, 1.82) is 0 Å². The van der Waals surface area contributed by atoms with Crippen LogP contribution in [-0.2, 0) is 4.74 Å². The molecular weight excluding hydrogens is 322 g/mol. The number of aliphatic hydroxyl groups is 2. The van der Waals surface area contributed by atoms with Crippen LogP contribution in [-0.4, -0.2) is 40.3 Å². The zero-order valence-corrected chi connectivity index (χ0v) is 15.0. The van der Waals surface area contributed by atoms with Crippen LogP contribution >= 0.6 is 0 Å². The van der Waals surface area contributed by atoms with Crippen LogP contribution in [0.25, 0.3) is 0 Å². The Balaban J connectivity index is 1.80. The van der Waals surface area contributed by atoms with Crippen molar-refractivity contribution in [3.63, 3.8) is 0 Å². The number of hydrogen-bond donors (Lipinski definition) is 3. The van der Waals surface area contributed by atoms with E-state index >= 15 is 0 Å². The minimum Gasteiger partial charge on any atom is -0.444 e. The molecule has 138 valence electrons. The van der Waals surface area contributed by atoms with E-state index in [9.17, 15) is 19.8 Å². The molecule has 1 aromatic carbocycles. The first-order valence-electron chi connectivity index (χ1n) is 8.64. The average Bonchev–Trinajstić information content (AvgIpc) is 3.36. The number of alkyl carbamates (subject to hydrolysis) is 1. The molecule has 1 aliphatic rings. The van der Waals surface area contributed by atoms with Crippen molar-refractivity contribution in [2.45, 2.75) is 57.8 Å². The van der Waals surface area contributed by atoms with Gasteiger partial charge in [0.25, 0.3) is 0 Å². The minimum absolute atomic E-state index is 0.142. The van der Waals surface area contributed by atoms with E-state index in [0.29, 0.717) is 11.1 Å². The molecule has 2 rings (SSSR count). The Kier molecular flexibility index (Phi) is 6.19. The molecule has 0 aromatic heterocycles. The number of hydrogen-bond acceptors (Lipinski definition) is 5. The fourth-order valence-electron chi connectivity index (χ4n) is 2.44. The van der Waals surface area contributed by atoms with Gasteiger partial charge < -0.3 is 20.3 Å². The van der Waals surface area contributed by atoms with E-state index in [1.807, 2.05) is 0 Å². The van der Waals surface area contributed by atoms with Crippen LogP contribution in [0.4, 0.5) is 4.79 Å². The SMILES string of the molecule is CC(C)(C)OC(=O)NCCC(O)C(O)c1ccc(C(=O)C2CC2)cc1. The fraction of sp³-hybridized carbons (Fsp3) is 0.579. The molecule has 3 N–H and O–H groups in total. The van der Waals surface area contributed by atoms with E-state index in [0.717, 1.165) is 12.8 Å². The van der Waals surface area contributed by atoms with Gasteiger partial charge in [-0.2, -0.15) is 0 Å². The van der Waals surface area contributed by atoms with Crippen molar-refractivity contribution >= 4 is 11.9 Å². The van der Waals surface area contributed by atoms with Gasteiger partial charge >= 0.3 is 6.09 Å². The number of rotatable bonds is 7. The second-order valence-electron chi connectivity index (χ2n) is 7.49. The lowest BCUT2D eigenvalue weighted by Gasteiger charge is -2.21. The highest BCUT2D eigenvalue weighted by Crippen LogP contribution is 2.32. The maximum atomic E-state index is 12.0. The number of Topliss-reactive ketones (excluding diaryl/α,β-unsaturated/α-hetero) is 1. The third kappa shape index (κ3) is 6.14. The monoisotopic (exact) mass is 349 g/mol. The zero-order chi connectivity index (χ0) is 18.6. The summed E-state index contributed by atoms with van der Waals surface area (Å²) >= 11 is 0. The molecular formula is C19H27NO5. The predicted molar refractivity (Wildman–Crippen MR) is 93.3 cm³/mol. The Morgan fingerprint density at radius 3 is 2.32 bits per heavy atom. The molecule has 6 heteroatoms. The average molecular weight is 349 g/mol. The summed E-state index contributed by atoms with van der Waals surface area (Å²) in [6.45, 7) is 5.49. The van der Waals surface area contributed by atoms with Crippen LogP contribution in [0, 0.1) is 5.92 Å². The van der Waals surface area contributed by atoms with E-state index in [-0.39, 0.29) is 24.7 Å². The van der Waals surface area contributed by atoms with Crippen molar-refractivity contribution in [2.24, 2.45) is 5.92 Å². The summed E-state index contributed by atoms with van der Waals surface area (Å²) in [7, 11) is 0. The second kappa shape index (κ2) is 7.97. The number of aliphatic hydroxyl groups excluding tert-OH is 2. The van der Waals surface area contributed by atoms with Crippen molar-refractivity contribution in [2.75, 3.05) is 6.54 Å². The minimum atomic E-state index is -1.08. The Morgan fingerprint density at radius 2 is 1.80 bits per heavy atom. The number of carbonyl (C=O) groups is 2. The van der Waals surface area contributed by atoms with Gasteiger partial charge in [0, 0.05) is 18.0 Å². The van der Waals surface area contributed by atoms with Crippen LogP contribution in [0.5, 0.6) is 0 Å². The summed E-state index contributed by atoms with van der Waals surface area (Å²) in [5.41, 5.74) is 0.596. The van der Waals surface area contributed by atoms with Crippen molar-refractivity contribution in [1.82, 2.24) is 5.32 Å². The van der Waals surface area contributed by atoms with Crippen LogP contribution < -0.4 is 5.32 Å². The molecule has 1 saturated carbocycles. The highest BCUT2D eigenvalue weighted by molar-refractivity contribution is 5.99. The van der Waals surface area contributed by atoms with Gasteiger partial charge in [0.15, 0.2) is 5.78 Å². The summed E-state index contributed by atoms with van der Waals surface area (Å²) in [5.74, 6) is 0.295. The van der Waals surface area contributed by atoms with Gasteiger partial charge in [0.05, 0.1) is 6.10 Å². The van der Waals surface area contributed by atoms with Gasteiger partial charge in [-0.05, 0) is 45.6 Å². The first kappa shape index (κ1) is 19.4. The van der Waals surface area contributed by atoms with Crippen LogP contribution in [0.3, 0.4) is 0 Å². The Morgan fingerprint density at radius 1 is 1.20 bits per heavy atom. The molecule has 2 atom stereocenters. The predicted octanol–water partition coefficient (Wildman–Crippen LogP) is 2.59. The Bertz CT molecular complexity index is 601. The molecule has 25 heavy (non-hydrogen) atoms. The second-order valence-corrected chi connectivity index (χ2v) is 7.49. The molecule has 0 saturated heterocycles. The fourth-order valence-corrected chi connectivity index (χ4v) is 2.44. The molecule has 0 aliphatic heterocycles. The number of carbonyl (C=O) groups excluding carboxylic acids is 2. The maximum absolute atomic E-state index is 12.0. The quantitative estimate of drug-likeness (QED) is 0.658. The van der Waals surface area contributed by atoms with Crippen molar-refractivity contribution in [3.05, 3.63) is 35.4 Å². The van der Waals surface area contributed by atoms with Crippen LogP contribution in [0.1, 0.15) is 62.1 Å². The summed E-state index contributed by atoms with van der Waals surface area (Å²) in [5, 5.41) is 22.8. The molecule has 1 aliphatic carbocycles. The molecule has 1 fully saturated rings. The number of nitrogens with one attached hydrogen (secondary N) is 1. The third-order valence-electron chi connectivity index (χ3n) is 3.96. The molecule has 1 aromatic rings. The Labute approximate surface area is 148 Å². The summed E-state index contributed by atoms with van der Waals surface area (Å²) in [6, 6.07) is 6.69. The Hall–Kier alpha value is -1.92. The summed E-state index contributed by atoms with van der Waals surface area (Å²) in [6.07, 6.45) is -0.579. The number of benzene rings is 1. The van der Waals surface area contributed by atoms with Gasteiger partial charge in [-0.1, -0.05) is 24.3 Å². The topological polar surface area (TPSA) is 95.9 Å². The highest BCUT2D eigenvalue weighted by atomic mass is 16.6. The maximum Gasteiger partial charge on any atom is 0.407 e. The van der Waals surface area contributed by atoms with Gasteiger partial charge in [0.2, 0.25) is 0 Å². The normalized spacial score (nSPS) is 16.8. The molecule has 1 amide bonds. The third-order valence-corrected chi connectivity index (χ3v) is 3.96. The van der Waals surface area contributed by atoms with Gasteiger partial charge in [-0.3, -0.25) is 4.79 Å². The lowest BCUT2D eigenvalue weighted by molar-refractivity contribution is 0.0123. The number of amides is 1. The van der Waals surface area contributed by atoms with E-state index in [1.54, 1.807) is 45.0 Å². The molecule has 2 unspecified atom stereocenters. The van der Waals surface area contributed by atoms with E-state index in [2.05, 4.69) is 5.32 Å². The lowest BCUT2D eigenvalue weighted by atomic mass is 9.99. The first-order valence-corrected chi connectivity index (χ1v) is 8.64. The largest absolute Gasteiger partial charge is 0.444 e. The molecule has 0 radical (unpaired) electrons. The smallest absolute Gasteiger partial charge is 0.407 e. The highest BCUT2D eigenvalue weighted by Gasteiger charge is 2.30. The van der Waals surface area contributed by atoms with E-state index in [1.165, 1.54) is 0 Å². The lowest BCUT2D eigenvalue weighted by Crippen LogP contribution is -2.34. The van der Waals surface area contributed by atoms with E-state index < -0.39 is 23.9 Å². The first-order chi connectivity index (χ1) is 11.7. The van der Waals surface area contributed by atoms with Gasteiger partial charge in [-0.15, -0.1) is 0 Å². The zero-order valence-electron chi connectivity index (χ0n) is 15.0. The molecule has 0 bridgehead atoms. The molecule has 6 nitrogen and oxygen atoms in total. The van der Waals surface area contributed by atoms with Gasteiger partial charge in [0.1, 0.15) is 11.7 Å². The summed E-state index contributed by atoms with van der Waals surface area (Å²) in [4.78, 5) is 23.5. The van der Waals surface area contributed by atoms with Crippen molar-refractivity contribution in [3.8, 4) is 0 Å². The number of ether oxygens (including phenoxy) is 1. The molecule has 0 heterocycles. The van der Waals surface area contributed by atoms with Crippen LogP contribution in [0.2, 0.25) is 0 Å². The number of ketones is 1. The molecule has 0 spiro atoms. The standard InChI is InChI=1S/C19H27NO5/c1-19(2,3)25-18(24)20-11-10-15(21)17(23)14-8-6-13(7-9-14)16(22)12-4-5-12/h6-9,12,15,17,21,23H,4-5,10-11H2,1-3H3,(H,20,24). The van der Waals surface area contributed by atoms with E-state index in [4.69, 9.17) is 4.74 Å². The van der Waals surface area contributed by atoms with Crippen molar-refractivity contribution < 1.29 is 24.5 Å².